The van der Waals surface area contributed by atoms with Gasteiger partial charge in [-0.2, -0.15) is 0 Å². The molecule has 2 N–H and O–H groups in total. The van der Waals surface area contributed by atoms with Crippen LogP contribution in [0.5, 0.6) is 5.75 Å². The molecule has 0 aliphatic heterocycles. The van der Waals surface area contributed by atoms with E-state index >= 15 is 0 Å². The molecule has 0 bridgehead atoms. The van der Waals surface area contributed by atoms with Crippen molar-refractivity contribution in [1.29, 1.82) is 0 Å². The van der Waals surface area contributed by atoms with Crippen molar-refractivity contribution in [2.45, 2.75) is 39.3 Å². The van der Waals surface area contributed by atoms with Crippen LogP contribution in [0.25, 0.3) is 0 Å². The molecule has 2 atom stereocenters. The minimum absolute atomic E-state index is 0.0423. The molecule has 2 rings (SSSR count). The summed E-state index contributed by atoms with van der Waals surface area (Å²) in [5.41, 5.74) is 1.43. The highest BCUT2D eigenvalue weighted by molar-refractivity contribution is 5.96. The smallest absolute Gasteiger partial charge is 0.273 e. The molecule has 2 aromatic carbocycles. The number of rotatable bonds is 9. The van der Waals surface area contributed by atoms with Crippen LogP contribution in [-0.4, -0.2) is 24.0 Å². The van der Waals surface area contributed by atoms with Crippen LogP contribution in [0.3, 0.4) is 0 Å². The van der Waals surface area contributed by atoms with E-state index in [9.17, 15) is 14.9 Å². The van der Waals surface area contributed by atoms with Gasteiger partial charge in [-0.15, -0.1) is 0 Å². The first kappa shape index (κ1) is 21.4. The molecule has 0 heterocycles. The zero-order valence-corrected chi connectivity index (χ0v) is 16.6. The second kappa shape index (κ2) is 9.85. The number of methoxy groups -OCH3 is 1. The van der Waals surface area contributed by atoms with Crippen molar-refractivity contribution in [2.24, 2.45) is 5.92 Å². The predicted octanol–water partition coefficient (Wildman–Crippen LogP) is 4.31. The fourth-order valence-electron chi connectivity index (χ4n) is 2.97. The fourth-order valence-corrected chi connectivity index (χ4v) is 2.97. The summed E-state index contributed by atoms with van der Waals surface area (Å²) in [5, 5.41) is 17.1. The molecule has 7 heteroatoms. The van der Waals surface area contributed by atoms with E-state index in [1.807, 2.05) is 30.3 Å². The molecule has 0 aromatic heterocycles. The number of nitrogens with zero attached hydrogens (tertiary/aromatic N) is 1. The van der Waals surface area contributed by atoms with Crippen molar-refractivity contribution >= 4 is 17.3 Å². The lowest BCUT2D eigenvalue weighted by molar-refractivity contribution is -0.384. The van der Waals surface area contributed by atoms with Gasteiger partial charge in [0.1, 0.15) is 5.75 Å². The summed E-state index contributed by atoms with van der Waals surface area (Å²) in [6, 6.07) is 13.7. The van der Waals surface area contributed by atoms with Crippen LogP contribution in [0.15, 0.2) is 48.5 Å². The molecule has 2 aromatic rings. The third-order valence-corrected chi connectivity index (χ3v) is 4.41. The van der Waals surface area contributed by atoms with Crippen molar-refractivity contribution in [1.82, 2.24) is 5.32 Å². The molecular formula is C21H27N3O4. The number of hydrogen-bond donors (Lipinski definition) is 2. The van der Waals surface area contributed by atoms with Gasteiger partial charge >= 0.3 is 0 Å². The molecule has 0 unspecified atom stereocenters. The SMILES string of the molecule is COc1cc([N+](=O)[O-])ccc1NC(=O)[C@@H](C)N[C@H](CC(C)C)c1ccccc1. The number of carbonyl (C=O) groups excluding carboxylic acids is 1. The average molecular weight is 385 g/mol. The molecule has 0 spiro atoms. The van der Waals surface area contributed by atoms with Crippen LogP contribution in [0.4, 0.5) is 11.4 Å². The minimum atomic E-state index is -0.505. The van der Waals surface area contributed by atoms with Gasteiger partial charge in [0.25, 0.3) is 5.69 Å². The number of nitro groups is 1. The summed E-state index contributed by atoms with van der Waals surface area (Å²) in [4.78, 5) is 23.1. The Morgan fingerprint density at radius 2 is 1.82 bits per heavy atom. The Morgan fingerprint density at radius 3 is 2.39 bits per heavy atom. The van der Waals surface area contributed by atoms with Gasteiger partial charge in [0.15, 0.2) is 0 Å². The molecule has 28 heavy (non-hydrogen) atoms. The van der Waals surface area contributed by atoms with E-state index in [-0.39, 0.29) is 23.4 Å². The predicted molar refractivity (Wildman–Crippen MR) is 110 cm³/mol. The maximum absolute atomic E-state index is 12.7. The van der Waals surface area contributed by atoms with Crippen LogP contribution in [-0.2, 0) is 4.79 Å². The maximum atomic E-state index is 12.7. The summed E-state index contributed by atoms with van der Waals surface area (Å²) in [6.45, 7) is 6.08. The van der Waals surface area contributed by atoms with Crippen LogP contribution in [0.2, 0.25) is 0 Å². The summed E-state index contributed by atoms with van der Waals surface area (Å²) in [6.07, 6.45) is 0.891. The van der Waals surface area contributed by atoms with Gasteiger partial charge in [0.2, 0.25) is 5.91 Å². The number of benzene rings is 2. The molecule has 0 fully saturated rings. The van der Waals surface area contributed by atoms with Crippen molar-refractivity contribution < 1.29 is 14.5 Å². The van der Waals surface area contributed by atoms with Gasteiger partial charge in [0, 0.05) is 12.1 Å². The number of amides is 1. The summed E-state index contributed by atoms with van der Waals surface area (Å²) >= 11 is 0. The Kier molecular flexibility index (Phi) is 7.52. The quantitative estimate of drug-likeness (QED) is 0.496. The molecule has 0 saturated heterocycles. The molecule has 0 aliphatic rings. The Bertz CT molecular complexity index is 809. The van der Waals surface area contributed by atoms with E-state index in [1.54, 1.807) is 6.92 Å². The van der Waals surface area contributed by atoms with Gasteiger partial charge in [0.05, 0.1) is 29.8 Å². The average Bonchev–Trinajstić information content (AvgIpc) is 2.67. The van der Waals surface area contributed by atoms with Crippen LogP contribution in [0.1, 0.15) is 38.8 Å². The lowest BCUT2D eigenvalue weighted by atomic mass is 9.96. The van der Waals surface area contributed by atoms with Gasteiger partial charge in [-0.1, -0.05) is 44.2 Å². The van der Waals surface area contributed by atoms with E-state index in [0.717, 1.165) is 12.0 Å². The van der Waals surface area contributed by atoms with E-state index in [0.29, 0.717) is 11.6 Å². The molecule has 0 aliphatic carbocycles. The summed E-state index contributed by atoms with van der Waals surface area (Å²) in [5.74, 6) is 0.469. The van der Waals surface area contributed by atoms with Crippen molar-refractivity contribution in [3.8, 4) is 5.75 Å². The third-order valence-electron chi connectivity index (χ3n) is 4.41. The van der Waals surface area contributed by atoms with E-state index in [2.05, 4.69) is 24.5 Å². The summed E-state index contributed by atoms with van der Waals surface area (Å²) < 4.78 is 5.18. The number of carbonyl (C=O) groups is 1. The molecule has 1 amide bonds. The summed E-state index contributed by atoms with van der Waals surface area (Å²) in [7, 11) is 1.41. The minimum Gasteiger partial charge on any atom is -0.494 e. The molecule has 0 saturated carbocycles. The lowest BCUT2D eigenvalue weighted by Gasteiger charge is -2.25. The Balaban J connectivity index is 2.11. The van der Waals surface area contributed by atoms with Gasteiger partial charge < -0.3 is 10.1 Å². The highest BCUT2D eigenvalue weighted by Gasteiger charge is 2.21. The Morgan fingerprint density at radius 1 is 1.14 bits per heavy atom. The van der Waals surface area contributed by atoms with Crippen molar-refractivity contribution in [2.75, 3.05) is 12.4 Å². The number of ether oxygens (including phenoxy) is 1. The highest BCUT2D eigenvalue weighted by atomic mass is 16.6. The monoisotopic (exact) mass is 385 g/mol. The normalized spacial score (nSPS) is 13.0. The van der Waals surface area contributed by atoms with Crippen molar-refractivity contribution in [3.05, 3.63) is 64.2 Å². The second-order valence-electron chi connectivity index (χ2n) is 7.11. The highest BCUT2D eigenvalue weighted by Crippen LogP contribution is 2.29. The van der Waals surface area contributed by atoms with Crippen LogP contribution >= 0.6 is 0 Å². The number of nitro benzene ring substituents is 1. The maximum Gasteiger partial charge on any atom is 0.273 e. The van der Waals surface area contributed by atoms with Gasteiger partial charge in [-0.25, -0.2) is 0 Å². The third kappa shape index (κ3) is 5.79. The zero-order chi connectivity index (χ0) is 20.7. The zero-order valence-electron chi connectivity index (χ0n) is 16.6. The van der Waals surface area contributed by atoms with Gasteiger partial charge in [-0.3, -0.25) is 20.2 Å². The first-order chi connectivity index (χ1) is 13.3. The van der Waals surface area contributed by atoms with Gasteiger partial charge in [-0.05, 0) is 30.9 Å². The Hall–Kier alpha value is -2.93. The number of anilines is 1. The molecular weight excluding hydrogens is 358 g/mol. The Labute approximate surface area is 165 Å². The first-order valence-electron chi connectivity index (χ1n) is 9.26. The number of hydrogen-bond acceptors (Lipinski definition) is 5. The first-order valence-corrected chi connectivity index (χ1v) is 9.26. The number of nitrogens with one attached hydrogen (secondary N) is 2. The second-order valence-corrected chi connectivity index (χ2v) is 7.11. The standard InChI is InChI=1S/C21H27N3O4/c1-14(2)12-19(16-8-6-5-7-9-16)22-15(3)21(25)23-18-11-10-17(24(26)27)13-20(18)28-4/h5-11,13-15,19,22H,12H2,1-4H3,(H,23,25)/t15-,19-/m1/s1. The van der Waals surface area contributed by atoms with E-state index in [4.69, 9.17) is 4.74 Å². The number of non-ortho nitro benzene ring substituents is 1. The molecule has 0 radical (unpaired) electrons. The topological polar surface area (TPSA) is 93.5 Å². The van der Waals surface area contributed by atoms with Crippen molar-refractivity contribution in [3.63, 3.8) is 0 Å². The van der Waals surface area contributed by atoms with E-state index < -0.39 is 11.0 Å². The van der Waals surface area contributed by atoms with E-state index in [1.165, 1.54) is 25.3 Å². The molecule has 150 valence electrons. The molecule has 7 nitrogen and oxygen atoms in total. The van der Waals surface area contributed by atoms with Crippen LogP contribution < -0.4 is 15.4 Å². The largest absolute Gasteiger partial charge is 0.494 e. The lowest BCUT2D eigenvalue weighted by Crippen LogP contribution is -2.40. The fraction of sp³-hybridized carbons (Fsp3) is 0.381. The van der Waals surface area contributed by atoms with Crippen LogP contribution in [0, 0.1) is 16.0 Å².